The molecule has 3 fully saturated rings. The maximum atomic E-state index is 11.7. The largest absolute Gasteiger partial charge is 0.497 e. The van der Waals surface area contributed by atoms with E-state index >= 15 is 0 Å². The van der Waals surface area contributed by atoms with Crippen molar-refractivity contribution >= 4 is 0 Å². The molecule has 0 radical (unpaired) electrons. The normalized spacial score (nSPS) is 26.2. The van der Waals surface area contributed by atoms with Crippen molar-refractivity contribution < 1.29 is 52.5 Å². The summed E-state index contributed by atoms with van der Waals surface area (Å²) in [6.07, 6.45) is 6.01. The predicted molar refractivity (Wildman–Crippen MR) is 232 cm³/mol. The number of ether oxygens (including phenoxy) is 10. The zero-order valence-electron chi connectivity index (χ0n) is 36.8. The number of hydrogen-bond donors (Lipinski definition) is 1. The van der Waals surface area contributed by atoms with Gasteiger partial charge in [0, 0.05) is 18.4 Å². The third-order valence-electron chi connectivity index (χ3n) is 11.4. The SMILES string of the molecule is CCCCCCC#CCCCCCC[C@H]1OC(C)(C)O[C@@H]1[C@@H](O)CO[C@H]1O[C@@H]2COC(c3ccccc3)O[C@@H]2[C@H](OCc2ccc(OC)cc2)[C@H]1OCc1ccc(OC)cc1. The van der Waals surface area contributed by atoms with E-state index in [0.29, 0.717) is 0 Å². The van der Waals surface area contributed by atoms with Gasteiger partial charge in [0.15, 0.2) is 18.4 Å². The monoisotopic (exact) mass is 844 g/mol. The average Bonchev–Trinajstić information content (AvgIpc) is 3.61. The predicted octanol–water partition coefficient (Wildman–Crippen LogP) is 9.23. The van der Waals surface area contributed by atoms with Crippen molar-refractivity contribution in [3.63, 3.8) is 0 Å². The Hall–Kier alpha value is -3.54. The van der Waals surface area contributed by atoms with E-state index in [9.17, 15) is 5.11 Å². The summed E-state index contributed by atoms with van der Waals surface area (Å²) in [6.45, 7) is 6.67. The molecule has 1 N–H and O–H groups in total. The van der Waals surface area contributed by atoms with Crippen molar-refractivity contribution in [2.45, 2.75) is 166 Å². The molecule has 334 valence electrons. The van der Waals surface area contributed by atoms with Crippen LogP contribution in [-0.2, 0) is 51.1 Å². The van der Waals surface area contributed by atoms with Crippen molar-refractivity contribution in [1.29, 1.82) is 0 Å². The number of rotatable bonds is 23. The fourth-order valence-corrected chi connectivity index (χ4v) is 8.08. The summed E-state index contributed by atoms with van der Waals surface area (Å²) >= 11 is 0. The maximum absolute atomic E-state index is 11.7. The van der Waals surface area contributed by atoms with Crippen molar-refractivity contribution in [1.82, 2.24) is 0 Å². The first-order valence-electron chi connectivity index (χ1n) is 22.3. The van der Waals surface area contributed by atoms with Crippen LogP contribution < -0.4 is 9.47 Å². The highest BCUT2D eigenvalue weighted by Crippen LogP contribution is 2.38. The van der Waals surface area contributed by atoms with Crippen molar-refractivity contribution in [3.8, 4) is 23.3 Å². The molecule has 3 aromatic carbocycles. The fraction of sp³-hybridized carbons (Fsp3) is 0.600. The molecule has 0 saturated carbocycles. The molecule has 3 aliphatic rings. The average molecular weight is 845 g/mol. The molecule has 9 atom stereocenters. The van der Waals surface area contributed by atoms with Gasteiger partial charge in [0.05, 0.1) is 46.8 Å². The van der Waals surface area contributed by atoms with Crippen LogP contribution in [0.2, 0.25) is 0 Å². The zero-order chi connectivity index (χ0) is 42.9. The minimum absolute atomic E-state index is 0.0816. The Morgan fingerprint density at radius 2 is 1.31 bits per heavy atom. The smallest absolute Gasteiger partial charge is 0.187 e. The lowest BCUT2D eigenvalue weighted by Crippen LogP contribution is -2.63. The van der Waals surface area contributed by atoms with Gasteiger partial charge in [-0.1, -0.05) is 100 Å². The first kappa shape index (κ1) is 47.0. The fourth-order valence-electron chi connectivity index (χ4n) is 8.08. The van der Waals surface area contributed by atoms with Crippen LogP contribution in [-0.4, -0.2) is 87.3 Å². The minimum atomic E-state index is -0.997. The Labute approximate surface area is 363 Å². The molecule has 0 aliphatic carbocycles. The third-order valence-corrected chi connectivity index (χ3v) is 11.4. The number of benzene rings is 3. The number of unbranched alkanes of at least 4 members (excludes halogenated alkanes) is 8. The molecule has 3 aromatic rings. The minimum Gasteiger partial charge on any atom is -0.497 e. The van der Waals surface area contributed by atoms with Gasteiger partial charge in [0.25, 0.3) is 0 Å². The maximum Gasteiger partial charge on any atom is 0.187 e. The molecule has 11 nitrogen and oxygen atoms in total. The number of fused-ring (bicyclic) bond motifs is 1. The first-order chi connectivity index (χ1) is 29.8. The molecular formula is C50H68O11. The van der Waals surface area contributed by atoms with Gasteiger partial charge in [-0.15, -0.1) is 11.8 Å². The van der Waals surface area contributed by atoms with Gasteiger partial charge in [-0.3, -0.25) is 0 Å². The number of aliphatic hydroxyl groups is 1. The first-order valence-corrected chi connectivity index (χ1v) is 22.3. The van der Waals surface area contributed by atoms with E-state index in [1.54, 1.807) is 14.2 Å². The lowest BCUT2D eigenvalue weighted by molar-refractivity contribution is -0.374. The van der Waals surface area contributed by atoms with E-state index in [1.165, 1.54) is 25.7 Å². The lowest BCUT2D eigenvalue weighted by Gasteiger charge is -2.49. The van der Waals surface area contributed by atoms with Crippen LogP contribution in [0.25, 0.3) is 0 Å². The Balaban J connectivity index is 1.13. The van der Waals surface area contributed by atoms with Gasteiger partial charge in [-0.2, -0.15) is 0 Å². The van der Waals surface area contributed by atoms with Crippen LogP contribution in [0.5, 0.6) is 11.5 Å². The highest BCUT2D eigenvalue weighted by atomic mass is 16.8. The van der Waals surface area contributed by atoms with Gasteiger partial charge in [-0.25, -0.2) is 0 Å². The summed E-state index contributed by atoms with van der Waals surface area (Å²) in [6, 6.07) is 25.3. The molecule has 0 bridgehead atoms. The van der Waals surface area contributed by atoms with Gasteiger partial charge in [0.2, 0.25) is 0 Å². The van der Waals surface area contributed by atoms with E-state index in [-0.39, 0.29) is 32.5 Å². The molecule has 3 heterocycles. The van der Waals surface area contributed by atoms with Crippen LogP contribution in [0.3, 0.4) is 0 Å². The highest BCUT2D eigenvalue weighted by molar-refractivity contribution is 5.27. The van der Waals surface area contributed by atoms with E-state index < -0.39 is 55.0 Å². The number of hydrogen-bond acceptors (Lipinski definition) is 11. The summed E-state index contributed by atoms with van der Waals surface area (Å²) in [7, 11) is 3.28. The number of methoxy groups -OCH3 is 2. The topological polar surface area (TPSA) is 113 Å². The third kappa shape index (κ3) is 14.2. The molecule has 61 heavy (non-hydrogen) atoms. The molecule has 3 aliphatic heterocycles. The molecule has 11 heteroatoms. The summed E-state index contributed by atoms with van der Waals surface area (Å²) in [5.41, 5.74) is 2.77. The summed E-state index contributed by atoms with van der Waals surface area (Å²) in [4.78, 5) is 0. The second-order valence-corrected chi connectivity index (χ2v) is 16.6. The van der Waals surface area contributed by atoms with Crippen LogP contribution in [0.4, 0.5) is 0 Å². The summed E-state index contributed by atoms with van der Waals surface area (Å²) in [5, 5.41) is 11.7. The van der Waals surface area contributed by atoms with E-state index in [2.05, 4.69) is 18.8 Å². The molecule has 6 rings (SSSR count). The second kappa shape index (κ2) is 24.3. The highest BCUT2D eigenvalue weighted by Gasteiger charge is 2.52. The van der Waals surface area contributed by atoms with Gasteiger partial charge in [0.1, 0.15) is 48.1 Å². The van der Waals surface area contributed by atoms with E-state index in [4.69, 9.17) is 47.4 Å². The van der Waals surface area contributed by atoms with E-state index in [1.807, 2.05) is 92.7 Å². The number of aliphatic hydroxyl groups excluding tert-OH is 1. The molecule has 3 saturated heterocycles. The Kier molecular flexibility index (Phi) is 18.7. The Morgan fingerprint density at radius 3 is 1.93 bits per heavy atom. The van der Waals surface area contributed by atoms with Crippen LogP contribution in [0.1, 0.15) is 114 Å². The molecule has 0 amide bonds. The van der Waals surface area contributed by atoms with Gasteiger partial charge >= 0.3 is 0 Å². The van der Waals surface area contributed by atoms with Gasteiger partial charge in [-0.05, 0) is 68.5 Å². The summed E-state index contributed by atoms with van der Waals surface area (Å²) in [5.74, 6) is 7.35. The van der Waals surface area contributed by atoms with Crippen molar-refractivity contribution in [3.05, 3.63) is 95.6 Å². The lowest BCUT2D eigenvalue weighted by atomic mass is 9.96. The molecule has 0 aromatic heterocycles. The van der Waals surface area contributed by atoms with Crippen LogP contribution >= 0.6 is 0 Å². The summed E-state index contributed by atoms with van der Waals surface area (Å²) < 4.78 is 63.0. The quantitative estimate of drug-likeness (QED) is 0.0729. The second-order valence-electron chi connectivity index (χ2n) is 16.6. The Bertz CT molecular complexity index is 1740. The standard InChI is InChI=1S/C50H68O11/c1-6-7-8-9-10-11-12-13-14-15-16-20-23-42-44(61-50(2,3)60-42)41(51)34-56-49-47(55-33-37-26-30-40(53-5)31-27-37)46(54-32-36-24-28-39(52-4)29-25-36)45-43(58-49)35-57-48(59-45)38-21-18-17-19-22-38/h17-19,21-22,24-31,41-49,51H,6-10,13-16,20,23,32-35H2,1-5H3/t41-,42+,43+,44+,45-,46-,47+,48?,49-/m0/s1. The van der Waals surface area contributed by atoms with Crippen molar-refractivity contribution in [2.75, 3.05) is 27.4 Å². The Morgan fingerprint density at radius 1 is 0.705 bits per heavy atom. The van der Waals surface area contributed by atoms with Crippen LogP contribution in [0.15, 0.2) is 78.9 Å². The van der Waals surface area contributed by atoms with Crippen molar-refractivity contribution in [2.24, 2.45) is 0 Å². The van der Waals surface area contributed by atoms with E-state index in [0.717, 1.165) is 73.1 Å². The molecular weight excluding hydrogens is 777 g/mol. The molecule has 0 spiro atoms. The van der Waals surface area contributed by atoms with Crippen LogP contribution in [0, 0.1) is 11.8 Å². The zero-order valence-corrected chi connectivity index (χ0v) is 36.8. The van der Waals surface area contributed by atoms with Gasteiger partial charge < -0.3 is 52.5 Å². The molecule has 1 unspecified atom stereocenters.